The van der Waals surface area contributed by atoms with Crippen LogP contribution in [0.1, 0.15) is 16.1 Å². The largest absolute Gasteiger partial charge is 0.495 e. The summed E-state index contributed by atoms with van der Waals surface area (Å²) < 4.78 is 5.92. The van der Waals surface area contributed by atoms with Crippen LogP contribution in [0, 0.1) is 0 Å². The molecule has 2 heterocycles. The van der Waals surface area contributed by atoms with Gasteiger partial charge in [0.05, 0.1) is 24.4 Å². The van der Waals surface area contributed by atoms with Gasteiger partial charge in [0, 0.05) is 24.1 Å². The van der Waals surface area contributed by atoms with Crippen molar-refractivity contribution >= 4 is 50.9 Å². The Kier molecular flexibility index (Phi) is 5.34. The average Bonchev–Trinajstić information content (AvgIpc) is 2.79. The highest BCUT2D eigenvalue weighted by Gasteiger charge is 2.30. The van der Waals surface area contributed by atoms with Crippen LogP contribution < -0.4 is 4.74 Å². The molecule has 1 unspecified atom stereocenters. The first kappa shape index (κ1) is 15.7. The lowest BCUT2D eigenvalue weighted by Gasteiger charge is -2.34. The van der Waals surface area contributed by atoms with E-state index in [0.717, 1.165) is 9.54 Å². The van der Waals surface area contributed by atoms with Crippen LogP contribution in [0.3, 0.4) is 0 Å². The predicted molar refractivity (Wildman–Crippen MR) is 83.0 cm³/mol. The molecule has 1 aromatic heterocycles. The van der Waals surface area contributed by atoms with Crippen LogP contribution in [-0.4, -0.2) is 53.1 Å². The van der Waals surface area contributed by atoms with Crippen LogP contribution >= 0.6 is 39.0 Å². The molecule has 0 saturated carbocycles. The van der Waals surface area contributed by atoms with Gasteiger partial charge in [-0.05, 0) is 15.9 Å². The molecule has 1 aliphatic rings. The van der Waals surface area contributed by atoms with Crippen molar-refractivity contribution in [2.24, 2.45) is 0 Å². The van der Waals surface area contributed by atoms with Gasteiger partial charge in [-0.15, -0.1) is 11.3 Å². The first-order valence-corrected chi connectivity index (χ1v) is 8.73. The maximum atomic E-state index is 12.5. The summed E-state index contributed by atoms with van der Waals surface area (Å²) in [6, 6.07) is 1.45. The molecule has 1 aromatic rings. The van der Waals surface area contributed by atoms with Crippen molar-refractivity contribution < 1.29 is 19.4 Å². The van der Waals surface area contributed by atoms with E-state index in [4.69, 9.17) is 9.84 Å². The number of nitrogens with zero attached hydrogens (tertiary/aromatic N) is 1. The minimum absolute atomic E-state index is 0.0115. The smallest absolute Gasteiger partial charge is 0.305 e. The van der Waals surface area contributed by atoms with Gasteiger partial charge in [0.15, 0.2) is 0 Å². The zero-order chi connectivity index (χ0) is 14.7. The summed E-state index contributed by atoms with van der Waals surface area (Å²) in [5.74, 6) is 1.14. The number of halogens is 1. The summed E-state index contributed by atoms with van der Waals surface area (Å²) in [5, 5.41) is 8.95. The highest BCUT2D eigenvalue weighted by atomic mass is 79.9. The molecule has 5 nitrogen and oxygen atoms in total. The molecule has 0 spiro atoms. The summed E-state index contributed by atoms with van der Waals surface area (Å²) in [7, 11) is 1.55. The Morgan fingerprint density at radius 2 is 2.35 bits per heavy atom. The van der Waals surface area contributed by atoms with Crippen molar-refractivity contribution in [3.63, 3.8) is 0 Å². The molecule has 2 rings (SSSR count). The van der Waals surface area contributed by atoms with Crippen molar-refractivity contribution in [2.45, 2.75) is 12.5 Å². The van der Waals surface area contributed by atoms with E-state index in [2.05, 4.69) is 15.9 Å². The number of carboxylic acid groups (broad SMARTS) is 1. The minimum atomic E-state index is -0.875. The Labute approximate surface area is 133 Å². The van der Waals surface area contributed by atoms with E-state index >= 15 is 0 Å². The van der Waals surface area contributed by atoms with Crippen LogP contribution in [0.25, 0.3) is 0 Å². The second-order valence-corrected chi connectivity index (χ2v) is 7.80. The van der Waals surface area contributed by atoms with E-state index in [1.807, 2.05) is 0 Å². The number of hydrogen-bond acceptors (Lipinski definition) is 5. The number of methoxy groups -OCH3 is 1. The lowest BCUT2D eigenvalue weighted by molar-refractivity contribution is -0.138. The predicted octanol–water partition coefficient (Wildman–Crippen LogP) is 2.55. The molecule has 0 aromatic carbocycles. The van der Waals surface area contributed by atoms with E-state index < -0.39 is 5.97 Å². The van der Waals surface area contributed by atoms with Crippen LogP contribution in [0.4, 0.5) is 0 Å². The first-order chi connectivity index (χ1) is 9.52. The fourth-order valence-corrected chi connectivity index (χ4v) is 4.70. The van der Waals surface area contributed by atoms with Crippen LogP contribution in [-0.2, 0) is 4.79 Å². The minimum Gasteiger partial charge on any atom is -0.495 e. The van der Waals surface area contributed by atoms with E-state index in [-0.39, 0.29) is 18.4 Å². The second-order valence-electron chi connectivity index (χ2n) is 4.28. The summed E-state index contributed by atoms with van der Waals surface area (Å²) in [4.78, 5) is 25.7. The molecule has 110 valence electrons. The number of thioether (sulfide) groups is 1. The first-order valence-electron chi connectivity index (χ1n) is 5.96. The van der Waals surface area contributed by atoms with E-state index in [1.165, 1.54) is 11.3 Å². The molecule has 1 aliphatic heterocycles. The Balaban J connectivity index is 2.18. The van der Waals surface area contributed by atoms with Gasteiger partial charge >= 0.3 is 5.97 Å². The molecule has 1 atom stereocenters. The molecule has 0 bridgehead atoms. The van der Waals surface area contributed by atoms with Crippen LogP contribution in [0.5, 0.6) is 5.75 Å². The number of amides is 1. The van der Waals surface area contributed by atoms with E-state index in [0.29, 0.717) is 22.9 Å². The second kappa shape index (κ2) is 6.82. The number of carbonyl (C=O) groups excluding carboxylic acids is 1. The summed E-state index contributed by atoms with van der Waals surface area (Å²) in [5.41, 5.74) is 0. The fourth-order valence-electron chi connectivity index (χ4n) is 2.03. The van der Waals surface area contributed by atoms with Crippen molar-refractivity contribution in [1.82, 2.24) is 4.90 Å². The third kappa shape index (κ3) is 3.48. The van der Waals surface area contributed by atoms with Gasteiger partial charge in [-0.2, -0.15) is 11.8 Å². The Morgan fingerprint density at radius 1 is 1.60 bits per heavy atom. The Hall–Kier alpha value is -0.730. The normalized spacial score (nSPS) is 18.9. The number of carbonyl (C=O) groups is 2. The molecular formula is C12H14BrNO4S2. The van der Waals surface area contributed by atoms with E-state index in [1.54, 1.807) is 29.8 Å². The van der Waals surface area contributed by atoms with Crippen LogP contribution in [0.2, 0.25) is 0 Å². The van der Waals surface area contributed by atoms with E-state index in [9.17, 15) is 9.59 Å². The number of hydrogen-bond donors (Lipinski definition) is 1. The van der Waals surface area contributed by atoms with Crippen molar-refractivity contribution in [3.05, 3.63) is 14.7 Å². The fraction of sp³-hybridized carbons (Fsp3) is 0.500. The molecule has 1 fully saturated rings. The third-order valence-electron chi connectivity index (χ3n) is 2.98. The maximum absolute atomic E-state index is 12.5. The molecular weight excluding hydrogens is 366 g/mol. The summed E-state index contributed by atoms with van der Waals surface area (Å²) in [6.07, 6.45) is -0.0115. The monoisotopic (exact) mass is 379 g/mol. The molecule has 20 heavy (non-hydrogen) atoms. The zero-order valence-electron chi connectivity index (χ0n) is 10.8. The highest BCUT2D eigenvalue weighted by molar-refractivity contribution is 9.11. The van der Waals surface area contributed by atoms with Gasteiger partial charge in [-0.25, -0.2) is 0 Å². The van der Waals surface area contributed by atoms with Gasteiger partial charge in [-0.1, -0.05) is 0 Å². The molecule has 1 N–H and O–H groups in total. The lowest BCUT2D eigenvalue weighted by atomic mass is 10.2. The topological polar surface area (TPSA) is 66.8 Å². The van der Waals surface area contributed by atoms with Crippen molar-refractivity contribution in [2.75, 3.05) is 25.2 Å². The maximum Gasteiger partial charge on any atom is 0.305 e. The quantitative estimate of drug-likeness (QED) is 0.870. The standard InChI is InChI=1S/C12H14BrNO4S2/c1-18-8-5-9(20-11(8)13)12(17)14-2-3-19-6-7(14)4-10(15)16/h5,7H,2-4,6H2,1H3,(H,15,16). The highest BCUT2D eigenvalue weighted by Crippen LogP contribution is 2.35. The summed E-state index contributed by atoms with van der Waals surface area (Å²) >= 11 is 6.34. The van der Waals surface area contributed by atoms with Gasteiger partial charge < -0.3 is 14.7 Å². The third-order valence-corrected chi connectivity index (χ3v) is 5.85. The van der Waals surface area contributed by atoms with Gasteiger partial charge in [-0.3, -0.25) is 9.59 Å². The van der Waals surface area contributed by atoms with Gasteiger partial charge in [0.1, 0.15) is 9.54 Å². The molecule has 1 saturated heterocycles. The number of carboxylic acids is 1. The SMILES string of the molecule is COc1cc(C(=O)N2CCSCC2CC(=O)O)sc1Br. The number of aliphatic carboxylic acids is 1. The molecule has 1 amide bonds. The van der Waals surface area contributed by atoms with Gasteiger partial charge in [0.2, 0.25) is 0 Å². The molecule has 0 aliphatic carbocycles. The molecule has 0 radical (unpaired) electrons. The number of rotatable bonds is 4. The van der Waals surface area contributed by atoms with Crippen LogP contribution in [0.15, 0.2) is 9.85 Å². The van der Waals surface area contributed by atoms with Crippen molar-refractivity contribution in [3.8, 4) is 5.75 Å². The summed E-state index contributed by atoms with van der Waals surface area (Å²) in [6.45, 7) is 0.583. The van der Waals surface area contributed by atoms with Gasteiger partial charge in [0.25, 0.3) is 5.91 Å². The lowest BCUT2D eigenvalue weighted by Crippen LogP contribution is -2.46. The Bertz CT molecular complexity index is 520. The number of thiophene rings is 1. The molecule has 8 heteroatoms. The zero-order valence-corrected chi connectivity index (χ0v) is 14.0. The Morgan fingerprint density at radius 3 is 2.95 bits per heavy atom. The number of ether oxygens (including phenoxy) is 1. The van der Waals surface area contributed by atoms with Crippen molar-refractivity contribution in [1.29, 1.82) is 0 Å². The average molecular weight is 380 g/mol.